The number of aryl methyl sites for hydroxylation is 1. The molecule has 0 unspecified atom stereocenters. The second kappa shape index (κ2) is 6.21. The number of rotatable bonds is 3. The average molecular weight is 304 g/mol. The number of hydrogen-bond donors (Lipinski definition) is 0. The summed E-state index contributed by atoms with van der Waals surface area (Å²) in [4.78, 5) is 12.7. The summed E-state index contributed by atoms with van der Waals surface area (Å²) < 4.78 is 1.52. The molecule has 3 aromatic rings. The smallest absolute Gasteiger partial charge is 0.267 e. The number of benzene rings is 2. The van der Waals surface area contributed by atoms with E-state index in [2.05, 4.69) is 24.2 Å². The lowest BCUT2D eigenvalue weighted by Crippen LogP contribution is -2.15. The van der Waals surface area contributed by atoms with Crippen LogP contribution in [-0.4, -0.2) is 15.7 Å². The average Bonchev–Trinajstić information content (AvgIpc) is 2.89. The van der Waals surface area contributed by atoms with Crippen LogP contribution in [0.25, 0.3) is 11.1 Å². The van der Waals surface area contributed by atoms with Crippen molar-refractivity contribution in [1.82, 2.24) is 9.78 Å². The molecular formula is C20H20N2O. The van der Waals surface area contributed by atoms with Crippen molar-refractivity contribution in [2.24, 2.45) is 0 Å². The van der Waals surface area contributed by atoms with Gasteiger partial charge in [-0.3, -0.25) is 4.79 Å². The van der Waals surface area contributed by atoms with E-state index in [1.165, 1.54) is 4.68 Å². The second-order valence-corrected chi connectivity index (χ2v) is 5.66. The Morgan fingerprint density at radius 2 is 1.57 bits per heavy atom. The van der Waals surface area contributed by atoms with Crippen LogP contribution in [0, 0.1) is 13.8 Å². The van der Waals surface area contributed by atoms with Crippen LogP contribution in [0.15, 0.2) is 54.6 Å². The van der Waals surface area contributed by atoms with E-state index in [1.807, 2.05) is 56.3 Å². The number of carbonyl (C=O) groups excluding carboxylic acids is 1. The minimum absolute atomic E-state index is 0.0788. The molecule has 0 aliphatic rings. The first-order chi connectivity index (χ1) is 11.1. The summed E-state index contributed by atoms with van der Waals surface area (Å²) in [6, 6.07) is 17.8. The van der Waals surface area contributed by atoms with Crippen molar-refractivity contribution >= 4 is 5.91 Å². The molecule has 0 N–H and O–H groups in total. The maximum Gasteiger partial charge on any atom is 0.278 e. The molecule has 23 heavy (non-hydrogen) atoms. The van der Waals surface area contributed by atoms with E-state index < -0.39 is 0 Å². The third-order valence-electron chi connectivity index (χ3n) is 4.23. The molecular weight excluding hydrogens is 284 g/mol. The van der Waals surface area contributed by atoms with Gasteiger partial charge in [0, 0.05) is 11.3 Å². The van der Waals surface area contributed by atoms with Crippen LogP contribution in [0.3, 0.4) is 0 Å². The Bertz CT molecular complexity index is 830. The maximum atomic E-state index is 12.7. The van der Waals surface area contributed by atoms with Gasteiger partial charge in [-0.15, -0.1) is 0 Å². The molecule has 0 saturated heterocycles. The third-order valence-corrected chi connectivity index (χ3v) is 4.23. The highest BCUT2D eigenvalue weighted by Gasteiger charge is 2.16. The van der Waals surface area contributed by atoms with Gasteiger partial charge >= 0.3 is 0 Å². The number of aromatic nitrogens is 2. The molecule has 3 rings (SSSR count). The fourth-order valence-electron chi connectivity index (χ4n) is 2.94. The van der Waals surface area contributed by atoms with Gasteiger partial charge < -0.3 is 0 Å². The largest absolute Gasteiger partial charge is 0.278 e. The number of nitrogens with zero attached hydrogens (tertiary/aromatic N) is 2. The van der Waals surface area contributed by atoms with E-state index in [4.69, 9.17) is 0 Å². The van der Waals surface area contributed by atoms with Crippen LogP contribution in [0.5, 0.6) is 0 Å². The fraction of sp³-hybridized carbons (Fsp3) is 0.200. The number of carbonyl (C=O) groups is 1. The molecule has 0 fully saturated rings. The van der Waals surface area contributed by atoms with Crippen LogP contribution in [0.1, 0.15) is 34.2 Å². The lowest BCUT2D eigenvalue weighted by atomic mass is 10.0. The molecule has 0 atom stereocenters. The lowest BCUT2D eigenvalue weighted by molar-refractivity contribution is 0.0942. The Balaban J connectivity index is 1.92. The monoisotopic (exact) mass is 304 g/mol. The van der Waals surface area contributed by atoms with Gasteiger partial charge in [0.05, 0.1) is 5.69 Å². The normalized spacial score (nSPS) is 10.7. The van der Waals surface area contributed by atoms with E-state index in [0.29, 0.717) is 5.56 Å². The van der Waals surface area contributed by atoms with Crippen LogP contribution >= 0.6 is 0 Å². The van der Waals surface area contributed by atoms with Gasteiger partial charge in [0.25, 0.3) is 5.91 Å². The van der Waals surface area contributed by atoms with Crippen LogP contribution < -0.4 is 0 Å². The predicted octanol–water partition coefficient (Wildman–Crippen LogP) is 4.42. The van der Waals surface area contributed by atoms with E-state index in [-0.39, 0.29) is 5.91 Å². The van der Waals surface area contributed by atoms with Gasteiger partial charge in [-0.25, -0.2) is 4.68 Å². The molecule has 0 saturated carbocycles. The summed E-state index contributed by atoms with van der Waals surface area (Å²) in [6.45, 7) is 5.99. The minimum Gasteiger partial charge on any atom is -0.267 e. The molecule has 0 spiro atoms. The summed E-state index contributed by atoms with van der Waals surface area (Å²) in [5.74, 6) is -0.0788. The van der Waals surface area contributed by atoms with E-state index in [0.717, 1.165) is 34.5 Å². The van der Waals surface area contributed by atoms with Crippen molar-refractivity contribution in [2.45, 2.75) is 27.2 Å². The molecule has 0 bridgehead atoms. The van der Waals surface area contributed by atoms with Crippen molar-refractivity contribution in [3.63, 3.8) is 0 Å². The molecule has 1 aromatic heterocycles. The molecule has 0 aliphatic carbocycles. The van der Waals surface area contributed by atoms with Gasteiger partial charge in [0.15, 0.2) is 0 Å². The van der Waals surface area contributed by atoms with Gasteiger partial charge in [0.1, 0.15) is 0 Å². The Hall–Kier alpha value is -2.68. The zero-order valence-corrected chi connectivity index (χ0v) is 13.7. The van der Waals surface area contributed by atoms with Gasteiger partial charge in [-0.1, -0.05) is 49.4 Å². The van der Waals surface area contributed by atoms with Crippen molar-refractivity contribution in [1.29, 1.82) is 0 Å². The molecule has 2 aromatic carbocycles. The Labute approximate surface area is 136 Å². The Morgan fingerprint density at radius 1 is 0.957 bits per heavy atom. The zero-order valence-electron chi connectivity index (χ0n) is 13.7. The fourth-order valence-corrected chi connectivity index (χ4v) is 2.94. The van der Waals surface area contributed by atoms with Crippen molar-refractivity contribution < 1.29 is 4.79 Å². The highest BCUT2D eigenvalue weighted by molar-refractivity contribution is 5.96. The maximum absolute atomic E-state index is 12.7. The van der Waals surface area contributed by atoms with Crippen LogP contribution in [-0.2, 0) is 6.42 Å². The standard InChI is InChI=1S/C20H20N2O/c1-4-19-14(2)21-22(15(19)3)20(23)18-12-10-17(11-13-18)16-8-6-5-7-9-16/h5-13H,4H2,1-3H3. The van der Waals surface area contributed by atoms with Gasteiger partial charge in [-0.2, -0.15) is 5.10 Å². The van der Waals surface area contributed by atoms with Crippen molar-refractivity contribution in [3.05, 3.63) is 77.1 Å². The molecule has 0 amide bonds. The van der Waals surface area contributed by atoms with Gasteiger partial charge in [0.2, 0.25) is 0 Å². The molecule has 3 nitrogen and oxygen atoms in total. The van der Waals surface area contributed by atoms with Crippen LogP contribution in [0.2, 0.25) is 0 Å². The Morgan fingerprint density at radius 3 is 2.13 bits per heavy atom. The summed E-state index contributed by atoms with van der Waals surface area (Å²) in [5, 5.41) is 4.41. The second-order valence-electron chi connectivity index (χ2n) is 5.66. The molecule has 3 heteroatoms. The van der Waals surface area contributed by atoms with Crippen molar-refractivity contribution in [3.8, 4) is 11.1 Å². The minimum atomic E-state index is -0.0788. The highest BCUT2D eigenvalue weighted by Crippen LogP contribution is 2.20. The summed E-state index contributed by atoms with van der Waals surface area (Å²) >= 11 is 0. The third kappa shape index (κ3) is 2.82. The summed E-state index contributed by atoms with van der Waals surface area (Å²) in [6.07, 6.45) is 0.887. The molecule has 116 valence electrons. The predicted molar refractivity (Wildman–Crippen MR) is 92.7 cm³/mol. The SMILES string of the molecule is CCc1c(C)nn(C(=O)c2ccc(-c3ccccc3)cc2)c1C. The quantitative estimate of drug-likeness (QED) is 0.718. The zero-order chi connectivity index (χ0) is 16.4. The van der Waals surface area contributed by atoms with E-state index in [9.17, 15) is 4.79 Å². The van der Waals surface area contributed by atoms with E-state index >= 15 is 0 Å². The van der Waals surface area contributed by atoms with E-state index in [1.54, 1.807) is 0 Å². The lowest BCUT2D eigenvalue weighted by Gasteiger charge is -2.06. The summed E-state index contributed by atoms with van der Waals surface area (Å²) in [5.41, 5.74) is 5.91. The highest BCUT2D eigenvalue weighted by atomic mass is 16.2. The number of hydrogen-bond acceptors (Lipinski definition) is 2. The van der Waals surface area contributed by atoms with Crippen molar-refractivity contribution in [2.75, 3.05) is 0 Å². The van der Waals surface area contributed by atoms with Crippen LogP contribution in [0.4, 0.5) is 0 Å². The topological polar surface area (TPSA) is 34.9 Å². The summed E-state index contributed by atoms with van der Waals surface area (Å²) in [7, 11) is 0. The molecule has 1 heterocycles. The first-order valence-corrected chi connectivity index (χ1v) is 7.87. The molecule has 0 radical (unpaired) electrons. The van der Waals surface area contributed by atoms with Gasteiger partial charge in [-0.05, 0) is 49.1 Å². The molecule has 0 aliphatic heterocycles. The Kier molecular flexibility index (Phi) is 4.11. The first kappa shape index (κ1) is 15.2. The first-order valence-electron chi connectivity index (χ1n) is 7.87.